The van der Waals surface area contributed by atoms with E-state index in [-0.39, 0.29) is 0 Å². The predicted molar refractivity (Wildman–Crippen MR) is 70.2 cm³/mol. The van der Waals surface area contributed by atoms with Gasteiger partial charge in [-0.15, -0.1) is 0 Å². The molecule has 1 aromatic carbocycles. The predicted octanol–water partition coefficient (Wildman–Crippen LogP) is 2.93. The topological polar surface area (TPSA) is 61.3 Å². The van der Waals surface area contributed by atoms with Crippen LogP contribution in [0.5, 0.6) is 0 Å². The van der Waals surface area contributed by atoms with Crippen molar-refractivity contribution in [2.24, 2.45) is 0 Å². The molecule has 1 unspecified atom stereocenters. The van der Waals surface area contributed by atoms with Gasteiger partial charge < -0.3 is 14.9 Å². The molecule has 4 nitrogen and oxygen atoms in total. The summed E-state index contributed by atoms with van der Waals surface area (Å²) in [6.45, 7) is 2.88. The Morgan fingerprint density at radius 2 is 2.35 bits per heavy atom. The number of oxazole rings is 1. The molecule has 0 aliphatic carbocycles. The van der Waals surface area contributed by atoms with E-state index in [0.29, 0.717) is 16.2 Å². The van der Waals surface area contributed by atoms with Gasteiger partial charge in [0.2, 0.25) is 0 Å². The van der Waals surface area contributed by atoms with Gasteiger partial charge >= 0.3 is 0 Å². The molecule has 1 atom stereocenters. The van der Waals surface area contributed by atoms with Crippen LogP contribution in [-0.4, -0.2) is 24.0 Å². The SMILES string of the molecule is COCCC(C)Sc1nc2cc(N)ccc2o1. The summed E-state index contributed by atoms with van der Waals surface area (Å²) in [6, 6.07) is 5.49. The first-order chi connectivity index (χ1) is 8.19. The molecule has 0 radical (unpaired) electrons. The van der Waals surface area contributed by atoms with E-state index >= 15 is 0 Å². The summed E-state index contributed by atoms with van der Waals surface area (Å²) in [5.41, 5.74) is 7.99. The van der Waals surface area contributed by atoms with Gasteiger partial charge in [-0.3, -0.25) is 0 Å². The second-order valence-electron chi connectivity index (χ2n) is 3.92. The molecular formula is C12H16N2O2S. The smallest absolute Gasteiger partial charge is 0.257 e. The van der Waals surface area contributed by atoms with Crippen LogP contribution in [0.3, 0.4) is 0 Å². The lowest BCUT2D eigenvalue weighted by atomic mass is 10.3. The van der Waals surface area contributed by atoms with Crippen LogP contribution >= 0.6 is 11.8 Å². The molecule has 0 bridgehead atoms. The van der Waals surface area contributed by atoms with Gasteiger partial charge in [0.1, 0.15) is 5.52 Å². The third kappa shape index (κ3) is 3.14. The van der Waals surface area contributed by atoms with Crippen molar-refractivity contribution in [2.45, 2.75) is 23.8 Å². The summed E-state index contributed by atoms with van der Waals surface area (Å²) in [5, 5.41) is 1.11. The van der Waals surface area contributed by atoms with Gasteiger partial charge in [-0.25, -0.2) is 4.98 Å². The number of thioether (sulfide) groups is 1. The maximum atomic E-state index is 5.70. The molecule has 0 aliphatic rings. The number of nitrogens with two attached hydrogens (primary N) is 1. The number of hydrogen-bond acceptors (Lipinski definition) is 5. The highest BCUT2D eigenvalue weighted by atomic mass is 32.2. The van der Waals surface area contributed by atoms with Gasteiger partial charge in [0.25, 0.3) is 5.22 Å². The number of nitrogen functional groups attached to an aromatic ring is 1. The molecule has 0 saturated carbocycles. The molecular weight excluding hydrogens is 236 g/mol. The first-order valence-electron chi connectivity index (χ1n) is 5.50. The Morgan fingerprint density at radius 3 is 3.12 bits per heavy atom. The molecule has 2 rings (SSSR count). The van der Waals surface area contributed by atoms with Crippen LogP contribution in [0.2, 0.25) is 0 Å². The highest BCUT2D eigenvalue weighted by Crippen LogP contribution is 2.28. The average Bonchev–Trinajstić information content (AvgIpc) is 2.67. The van der Waals surface area contributed by atoms with Crippen molar-refractivity contribution in [3.8, 4) is 0 Å². The zero-order valence-electron chi connectivity index (χ0n) is 9.97. The molecule has 17 heavy (non-hydrogen) atoms. The van der Waals surface area contributed by atoms with Gasteiger partial charge in [-0.05, 0) is 24.6 Å². The number of anilines is 1. The molecule has 5 heteroatoms. The van der Waals surface area contributed by atoms with Crippen LogP contribution in [0.1, 0.15) is 13.3 Å². The van der Waals surface area contributed by atoms with E-state index in [1.54, 1.807) is 18.9 Å². The summed E-state index contributed by atoms with van der Waals surface area (Å²) < 4.78 is 10.7. The van der Waals surface area contributed by atoms with Crippen LogP contribution in [0.25, 0.3) is 11.1 Å². The van der Waals surface area contributed by atoms with E-state index in [9.17, 15) is 0 Å². The Kier molecular flexibility index (Phi) is 3.91. The van der Waals surface area contributed by atoms with Crippen molar-refractivity contribution < 1.29 is 9.15 Å². The lowest BCUT2D eigenvalue weighted by molar-refractivity contribution is 0.195. The summed E-state index contributed by atoms with van der Waals surface area (Å²) in [7, 11) is 1.71. The second-order valence-corrected chi connectivity index (χ2v) is 5.31. The highest BCUT2D eigenvalue weighted by molar-refractivity contribution is 7.99. The molecule has 0 amide bonds. The van der Waals surface area contributed by atoms with Crippen molar-refractivity contribution >= 4 is 28.5 Å². The largest absolute Gasteiger partial charge is 0.431 e. The normalized spacial score (nSPS) is 13.1. The van der Waals surface area contributed by atoms with Crippen molar-refractivity contribution in [3.63, 3.8) is 0 Å². The minimum Gasteiger partial charge on any atom is -0.431 e. The minimum absolute atomic E-state index is 0.417. The molecule has 1 aromatic heterocycles. The van der Waals surface area contributed by atoms with Gasteiger partial charge in [0.15, 0.2) is 5.58 Å². The fourth-order valence-electron chi connectivity index (χ4n) is 1.49. The molecule has 0 saturated heterocycles. The van der Waals surface area contributed by atoms with Crippen LogP contribution in [0.15, 0.2) is 27.8 Å². The Bertz CT molecular complexity index is 498. The molecule has 1 heterocycles. The summed E-state index contributed by atoms with van der Waals surface area (Å²) >= 11 is 1.62. The molecule has 92 valence electrons. The van der Waals surface area contributed by atoms with Crippen molar-refractivity contribution in [2.75, 3.05) is 19.5 Å². The number of hydrogen-bond donors (Lipinski definition) is 1. The fraction of sp³-hybridized carbons (Fsp3) is 0.417. The monoisotopic (exact) mass is 252 g/mol. The summed E-state index contributed by atoms with van der Waals surface area (Å²) in [5.74, 6) is 0. The van der Waals surface area contributed by atoms with Crippen LogP contribution in [-0.2, 0) is 4.74 Å². The number of nitrogens with zero attached hydrogens (tertiary/aromatic N) is 1. The maximum Gasteiger partial charge on any atom is 0.257 e. The zero-order valence-corrected chi connectivity index (χ0v) is 10.8. The molecule has 2 aromatic rings. The van der Waals surface area contributed by atoms with Gasteiger partial charge in [-0.2, -0.15) is 0 Å². The number of benzene rings is 1. The van der Waals surface area contributed by atoms with E-state index in [1.807, 2.05) is 18.2 Å². The third-order valence-electron chi connectivity index (χ3n) is 2.42. The zero-order chi connectivity index (χ0) is 12.3. The highest BCUT2D eigenvalue weighted by Gasteiger charge is 2.11. The van der Waals surface area contributed by atoms with E-state index in [1.165, 1.54) is 0 Å². The lowest BCUT2D eigenvalue weighted by Crippen LogP contribution is -2.00. The van der Waals surface area contributed by atoms with Crippen molar-refractivity contribution in [1.29, 1.82) is 0 Å². The fourth-order valence-corrected chi connectivity index (χ4v) is 2.34. The van der Waals surface area contributed by atoms with Gasteiger partial charge in [-0.1, -0.05) is 18.7 Å². The second kappa shape index (κ2) is 5.42. The Hall–Kier alpha value is -1.20. The van der Waals surface area contributed by atoms with E-state index in [0.717, 1.165) is 24.1 Å². The van der Waals surface area contributed by atoms with E-state index < -0.39 is 0 Å². The first-order valence-corrected chi connectivity index (χ1v) is 6.38. The van der Waals surface area contributed by atoms with Crippen LogP contribution in [0.4, 0.5) is 5.69 Å². The summed E-state index contributed by atoms with van der Waals surface area (Å²) in [6.07, 6.45) is 0.974. The Morgan fingerprint density at radius 1 is 1.53 bits per heavy atom. The molecule has 0 aliphatic heterocycles. The number of methoxy groups -OCH3 is 1. The average molecular weight is 252 g/mol. The van der Waals surface area contributed by atoms with Gasteiger partial charge in [0, 0.05) is 24.7 Å². The number of ether oxygens (including phenoxy) is 1. The standard InChI is InChI=1S/C12H16N2O2S/c1-8(5-6-15-2)17-12-14-10-7-9(13)3-4-11(10)16-12/h3-4,7-8H,5-6,13H2,1-2H3. The number of aromatic nitrogens is 1. The van der Waals surface area contributed by atoms with Gasteiger partial charge in [0.05, 0.1) is 0 Å². The van der Waals surface area contributed by atoms with E-state index in [4.69, 9.17) is 14.9 Å². The maximum absolute atomic E-state index is 5.70. The third-order valence-corrected chi connectivity index (χ3v) is 3.44. The molecule has 2 N–H and O–H groups in total. The number of fused-ring (bicyclic) bond motifs is 1. The number of rotatable bonds is 5. The van der Waals surface area contributed by atoms with E-state index in [2.05, 4.69) is 11.9 Å². The van der Waals surface area contributed by atoms with Crippen molar-refractivity contribution in [1.82, 2.24) is 4.98 Å². The molecule has 0 fully saturated rings. The Labute approximate surface area is 105 Å². The minimum atomic E-state index is 0.417. The summed E-state index contributed by atoms with van der Waals surface area (Å²) in [4.78, 5) is 4.40. The van der Waals surface area contributed by atoms with Crippen LogP contribution in [0, 0.1) is 0 Å². The van der Waals surface area contributed by atoms with Crippen molar-refractivity contribution in [3.05, 3.63) is 18.2 Å². The lowest BCUT2D eigenvalue weighted by Gasteiger charge is -2.06. The van der Waals surface area contributed by atoms with Crippen LogP contribution < -0.4 is 5.73 Å². The quantitative estimate of drug-likeness (QED) is 0.655. The first kappa shape index (κ1) is 12.3. The Balaban J connectivity index is 2.08. The molecule has 0 spiro atoms.